The Morgan fingerprint density at radius 3 is 2.69 bits per heavy atom. The second kappa shape index (κ2) is 3.93. The molecule has 0 fully saturated rings. The van der Waals surface area contributed by atoms with Crippen molar-refractivity contribution in [2.75, 3.05) is 0 Å². The fourth-order valence-electron chi connectivity index (χ4n) is 0.984. The Labute approximate surface area is 81.0 Å². The fraction of sp³-hybridized carbons (Fsp3) is 0.375. The Bertz CT molecular complexity index is 394. The first-order chi connectivity index (χ1) is 6.20. The van der Waals surface area contributed by atoms with Crippen LogP contribution in [0.5, 0.6) is 0 Å². The van der Waals surface area contributed by atoms with E-state index in [9.17, 15) is 0 Å². The van der Waals surface area contributed by atoms with Crippen molar-refractivity contribution in [2.24, 2.45) is 0 Å². The van der Waals surface area contributed by atoms with E-state index in [1.807, 2.05) is 12.1 Å². The minimum Gasteiger partial charge on any atom is -0.251 e. The first kappa shape index (κ1) is 9.57. The quantitative estimate of drug-likeness (QED) is 0.719. The molecular formula is C8H7ClN4. The van der Waals surface area contributed by atoms with Crippen LogP contribution < -0.4 is 0 Å². The normalized spacial score (nSPS) is 9.23. The van der Waals surface area contributed by atoms with Crippen LogP contribution in [0.2, 0.25) is 5.15 Å². The topological polar surface area (TPSA) is 65.4 Å². The minimum absolute atomic E-state index is 0.315. The van der Waals surface area contributed by atoms with Gasteiger partial charge in [-0.1, -0.05) is 11.6 Å². The van der Waals surface area contributed by atoms with E-state index in [-0.39, 0.29) is 0 Å². The fourth-order valence-corrected chi connectivity index (χ4v) is 1.29. The van der Waals surface area contributed by atoms with E-state index >= 15 is 0 Å². The SMILES string of the molecule is Cc1nn(CCC#N)c(Cl)c1C#N. The maximum atomic E-state index is 8.69. The van der Waals surface area contributed by atoms with Crippen LogP contribution >= 0.6 is 11.6 Å². The number of hydrogen-bond acceptors (Lipinski definition) is 3. The van der Waals surface area contributed by atoms with Gasteiger partial charge in [0.15, 0.2) is 0 Å². The summed E-state index contributed by atoms with van der Waals surface area (Å²) in [6.45, 7) is 2.14. The number of aryl methyl sites for hydroxylation is 2. The van der Waals surface area contributed by atoms with Crippen molar-refractivity contribution in [3.63, 3.8) is 0 Å². The van der Waals surface area contributed by atoms with E-state index in [0.29, 0.717) is 29.4 Å². The molecule has 0 aliphatic carbocycles. The van der Waals surface area contributed by atoms with Crippen molar-refractivity contribution in [3.8, 4) is 12.1 Å². The number of rotatable bonds is 2. The third-order valence-electron chi connectivity index (χ3n) is 1.61. The highest BCUT2D eigenvalue weighted by molar-refractivity contribution is 6.30. The van der Waals surface area contributed by atoms with Gasteiger partial charge in [0.2, 0.25) is 0 Å². The second-order valence-corrected chi connectivity index (χ2v) is 2.85. The molecule has 5 heteroatoms. The molecular weight excluding hydrogens is 188 g/mol. The number of halogens is 1. The Morgan fingerprint density at radius 2 is 2.23 bits per heavy atom. The monoisotopic (exact) mass is 194 g/mol. The van der Waals surface area contributed by atoms with Gasteiger partial charge in [0.25, 0.3) is 0 Å². The molecule has 1 rings (SSSR count). The lowest BCUT2D eigenvalue weighted by atomic mass is 10.3. The van der Waals surface area contributed by atoms with Crippen LogP contribution in [0.25, 0.3) is 0 Å². The Hall–Kier alpha value is -1.52. The van der Waals surface area contributed by atoms with Crippen molar-refractivity contribution in [3.05, 3.63) is 16.4 Å². The lowest BCUT2D eigenvalue weighted by Gasteiger charge is -1.96. The summed E-state index contributed by atoms with van der Waals surface area (Å²) < 4.78 is 1.47. The molecule has 0 atom stereocenters. The molecule has 66 valence electrons. The summed E-state index contributed by atoms with van der Waals surface area (Å²) in [6.07, 6.45) is 0.339. The van der Waals surface area contributed by atoms with E-state index in [0.717, 1.165) is 0 Å². The summed E-state index contributed by atoms with van der Waals surface area (Å²) in [5, 5.41) is 21.4. The van der Waals surface area contributed by atoms with Crippen LogP contribution in [0.15, 0.2) is 0 Å². The molecule has 0 saturated carbocycles. The standard InChI is InChI=1S/C8H7ClN4/c1-6-7(5-11)8(9)13(12-6)4-2-3-10/h2,4H2,1H3. The summed E-state index contributed by atoms with van der Waals surface area (Å²) in [7, 11) is 0. The Kier molecular flexibility index (Phi) is 2.89. The van der Waals surface area contributed by atoms with Gasteiger partial charge in [0.05, 0.1) is 24.7 Å². The molecule has 0 aliphatic rings. The average Bonchev–Trinajstić information content (AvgIpc) is 2.38. The molecule has 0 bridgehead atoms. The van der Waals surface area contributed by atoms with Gasteiger partial charge in [-0.15, -0.1) is 0 Å². The maximum absolute atomic E-state index is 8.69. The van der Waals surface area contributed by atoms with Crippen molar-refractivity contribution in [2.45, 2.75) is 19.9 Å². The number of nitriles is 2. The smallest absolute Gasteiger partial charge is 0.145 e. The van der Waals surface area contributed by atoms with Crippen molar-refractivity contribution >= 4 is 11.6 Å². The molecule has 0 aliphatic heterocycles. The van der Waals surface area contributed by atoms with Crippen molar-refractivity contribution in [1.29, 1.82) is 10.5 Å². The number of hydrogen-bond donors (Lipinski definition) is 0. The largest absolute Gasteiger partial charge is 0.251 e. The maximum Gasteiger partial charge on any atom is 0.145 e. The van der Waals surface area contributed by atoms with Crippen LogP contribution in [-0.4, -0.2) is 9.78 Å². The molecule has 0 saturated heterocycles. The summed E-state index contributed by atoms with van der Waals surface area (Å²) >= 11 is 5.83. The Balaban J connectivity index is 3.00. The van der Waals surface area contributed by atoms with E-state index < -0.39 is 0 Å². The second-order valence-electron chi connectivity index (χ2n) is 2.49. The molecule has 0 amide bonds. The van der Waals surface area contributed by atoms with Gasteiger partial charge in [0, 0.05) is 0 Å². The molecule has 4 nitrogen and oxygen atoms in total. The van der Waals surface area contributed by atoms with Gasteiger partial charge in [-0.25, -0.2) is 0 Å². The van der Waals surface area contributed by atoms with Crippen molar-refractivity contribution in [1.82, 2.24) is 9.78 Å². The highest BCUT2D eigenvalue weighted by atomic mass is 35.5. The van der Waals surface area contributed by atoms with E-state index in [2.05, 4.69) is 5.10 Å². The third kappa shape index (κ3) is 1.80. The lowest BCUT2D eigenvalue weighted by Crippen LogP contribution is -1.99. The van der Waals surface area contributed by atoms with Gasteiger partial charge in [0.1, 0.15) is 16.8 Å². The molecule has 13 heavy (non-hydrogen) atoms. The van der Waals surface area contributed by atoms with Crippen LogP contribution in [-0.2, 0) is 6.54 Å². The van der Waals surface area contributed by atoms with Gasteiger partial charge in [-0.3, -0.25) is 4.68 Å². The van der Waals surface area contributed by atoms with E-state index in [1.165, 1.54) is 4.68 Å². The van der Waals surface area contributed by atoms with Crippen LogP contribution in [0.3, 0.4) is 0 Å². The van der Waals surface area contributed by atoms with E-state index in [4.69, 9.17) is 22.1 Å². The zero-order valence-corrected chi connectivity index (χ0v) is 7.84. The zero-order valence-electron chi connectivity index (χ0n) is 7.08. The summed E-state index contributed by atoms with van der Waals surface area (Å²) in [4.78, 5) is 0. The summed E-state index contributed by atoms with van der Waals surface area (Å²) in [5.74, 6) is 0. The summed E-state index contributed by atoms with van der Waals surface area (Å²) in [6, 6.07) is 3.95. The molecule has 0 unspecified atom stereocenters. The third-order valence-corrected chi connectivity index (χ3v) is 2.00. The van der Waals surface area contributed by atoms with Gasteiger partial charge < -0.3 is 0 Å². The molecule has 0 aromatic carbocycles. The highest BCUT2D eigenvalue weighted by Crippen LogP contribution is 2.18. The molecule has 1 heterocycles. The highest BCUT2D eigenvalue weighted by Gasteiger charge is 2.11. The van der Waals surface area contributed by atoms with Crippen LogP contribution in [0, 0.1) is 29.6 Å². The van der Waals surface area contributed by atoms with Crippen LogP contribution in [0.4, 0.5) is 0 Å². The number of aromatic nitrogens is 2. The van der Waals surface area contributed by atoms with E-state index in [1.54, 1.807) is 6.92 Å². The average molecular weight is 195 g/mol. The molecule has 1 aromatic heterocycles. The van der Waals surface area contributed by atoms with Gasteiger partial charge in [-0.2, -0.15) is 15.6 Å². The predicted molar refractivity (Wildman–Crippen MR) is 46.9 cm³/mol. The summed E-state index contributed by atoms with van der Waals surface area (Å²) in [5.41, 5.74) is 0.991. The van der Waals surface area contributed by atoms with Gasteiger partial charge in [-0.05, 0) is 6.92 Å². The lowest BCUT2D eigenvalue weighted by molar-refractivity contribution is 0.623. The first-order valence-corrected chi connectivity index (χ1v) is 4.08. The van der Waals surface area contributed by atoms with Crippen LogP contribution in [0.1, 0.15) is 17.7 Å². The van der Waals surface area contributed by atoms with Crippen molar-refractivity contribution < 1.29 is 0 Å². The minimum atomic E-state index is 0.315. The number of nitrogens with zero attached hydrogens (tertiary/aromatic N) is 4. The zero-order chi connectivity index (χ0) is 9.84. The predicted octanol–water partition coefficient (Wildman–Crippen LogP) is 1.63. The first-order valence-electron chi connectivity index (χ1n) is 3.70. The van der Waals surface area contributed by atoms with Gasteiger partial charge >= 0.3 is 0 Å². The Morgan fingerprint density at radius 1 is 1.54 bits per heavy atom. The molecule has 0 radical (unpaired) electrons. The molecule has 0 spiro atoms. The molecule has 0 N–H and O–H groups in total. The molecule has 1 aromatic rings.